The van der Waals surface area contributed by atoms with Crippen LogP contribution in [0.25, 0.3) is 0 Å². The Morgan fingerprint density at radius 2 is 1.80 bits per heavy atom. The summed E-state index contributed by atoms with van der Waals surface area (Å²) in [5, 5.41) is 0. The molecule has 0 fully saturated rings. The number of rotatable bonds is 2. The van der Waals surface area contributed by atoms with Crippen LogP contribution in [0.5, 0.6) is 0 Å². The Morgan fingerprint density at radius 3 is 2.20 bits per heavy atom. The number of ether oxygens (including phenoxy) is 1. The predicted octanol–water partition coefficient (Wildman–Crippen LogP) is 1.27. The van der Waals surface area contributed by atoms with Gasteiger partial charge in [0.2, 0.25) is 5.95 Å². The summed E-state index contributed by atoms with van der Waals surface area (Å²) in [6.45, 7) is 5.50. The van der Waals surface area contributed by atoms with E-state index in [2.05, 4.69) is 9.97 Å². The molecule has 84 valence electrons. The highest BCUT2D eigenvalue weighted by Crippen LogP contribution is 2.12. The van der Waals surface area contributed by atoms with Crippen LogP contribution in [0.2, 0.25) is 0 Å². The molecular weight excluding hydrogens is 218 g/mol. The van der Waals surface area contributed by atoms with Gasteiger partial charge in [-0.15, -0.1) is 12.4 Å². The Hall–Kier alpha value is -1.36. The Morgan fingerprint density at radius 1 is 1.33 bits per heavy atom. The number of nitrogens with zero attached hydrogens (tertiary/aromatic N) is 2. The summed E-state index contributed by atoms with van der Waals surface area (Å²) in [4.78, 5) is 19.3. The van der Waals surface area contributed by atoms with Crippen LogP contribution in [-0.2, 0) is 4.74 Å². The molecule has 1 aromatic rings. The molecule has 0 radical (unpaired) electrons. The quantitative estimate of drug-likeness (QED) is 0.776. The Labute approximate surface area is 94.5 Å². The lowest BCUT2D eigenvalue weighted by Gasteiger charge is -2.07. The molecule has 0 aromatic carbocycles. The van der Waals surface area contributed by atoms with Crippen LogP contribution >= 0.6 is 12.4 Å². The van der Waals surface area contributed by atoms with Gasteiger partial charge in [-0.05, 0) is 20.8 Å². The second kappa shape index (κ2) is 5.50. The normalized spacial score (nSPS) is 9.27. The third-order valence-electron chi connectivity index (χ3n) is 1.77. The van der Waals surface area contributed by atoms with Crippen molar-refractivity contribution < 1.29 is 9.53 Å². The molecule has 0 spiro atoms. The number of carbonyl (C=O) groups excluding carboxylic acids is 1. The van der Waals surface area contributed by atoms with Crippen molar-refractivity contribution in [3.05, 3.63) is 17.0 Å². The maximum Gasteiger partial charge on any atom is 0.341 e. The molecule has 0 bridgehead atoms. The molecule has 0 saturated carbocycles. The highest BCUT2D eigenvalue weighted by molar-refractivity contribution is 5.91. The van der Waals surface area contributed by atoms with E-state index in [1.807, 2.05) is 0 Å². The molecule has 0 aliphatic rings. The lowest BCUT2D eigenvalue weighted by molar-refractivity contribution is 0.0523. The monoisotopic (exact) mass is 231 g/mol. The van der Waals surface area contributed by atoms with E-state index in [1.165, 1.54) is 0 Å². The molecular formula is C9H14ClN3O2. The molecule has 0 aliphatic carbocycles. The molecule has 5 nitrogen and oxygen atoms in total. The van der Waals surface area contributed by atoms with Crippen LogP contribution in [0, 0.1) is 13.8 Å². The summed E-state index contributed by atoms with van der Waals surface area (Å²) in [5.74, 6) is -0.226. The Kier molecular flexibility index (Phi) is 5.00. The van der Waals surface area contributed by atoms with E-state index < -0.39 is 5.97 Å². The minimum atomic E-state index is -0.400. The van der Waals surface area contributed by atoms with E-state index in [1.54, 1.807) is 20.8 Å². The molecule has 1 aromatic heterocycles. The highest BCUT2D eigenvalue weighted by atomic mass is 35.5. The summed E-state index contributed by atoms with van der Waals surface area (Å²) < 4.78 is 4.87. The molecule has 0 atom stereocenters. The lowest BCUT2D eigenvalue weighted by atomic mass is 10.2. The fourth-order valence-corrected chi connectivity index (χ4v) is 1.24. The number of hydrogen-bond acceptors (Lipinski definition) is 5. The number of hydrogen-bond donors (Lipinski definition) is 1. The SMILES string of the molecule is CCOC(=O)c1c(C)nc(N)nc1C.Cl. The molecule has 1 rings (SSSR count). The van der Waals surface area contributed by atoms with Gasteiger partial charge in [-0.25, -0.2) is 14.8 Å². The first-order valence-corrected chi connectivity index (χ1v) is 4.34. The smallest absolute Gasteiger partial charge is 0.341 e. The number of carbonyl (C=O) groups is 1. The van der Waals surface area contributed by atoms with Gasteiger partial charge in [-0.1, -0.05) is 0 Å². The van der Waals surface area contributed by atoms with Crippen LogP contribution in [-0.4, -0.2) is 22.5 Å². The predicted molar refractivity (Wildman–Crippen MR) is 59.1 cm³/mol. The summed E-state index contributed by atoms with van der Waals surface area (Å²) in [6.07, 6.45) is 0. The zero-order valence-corrected chi connectivity index (χ0v) is 9.72. The van der Waals surface area contributed by atoms with Crippen LogP contribution in [0.15, 0.2) is 0 Å². The van der Waals surface area contributed by atoms with Crippen molar-refractivity contribution in [2.45, 2.75) is 20.8 Å². The molecule has 6 heteroatoms. The maximum atomic E-state index is 11.5. The van der Waals surface area contributed by atoms with E-state index in [9.17, 15) is 4.79 Å². The zero-order valence-electron chi connectivity index (χ0n) is 8.90. The molecule has 0 saturated heterocycles. The van der Waals surface area contributed by atoms with E-state index in [-0.39, 0.29) is 18.4 Å². The van der Waals surface area contributed by atoms with E-state index in [4.69, 9.17) is 10.5 Å². The Balaban J connectivity index is 0.00000196. The molecule has 0 unspecified atom stereocenters. The highest BCUT2D eigenvalue weighted by Gasteiger charge is 2.15. The van der Waals surface area contributed by atoms with Gasteiger partial charge >= 0.3 is 5.97 Å². The number of esters is 1. The molecule has 1 heterocycles. The number of halogens is 1. The fraction of sp³-hybridized carbons (Fsp3) is 0.444. The second-order valence-corrected chi connectivity index (χ2v) is 2.85. The number of nitrogens with two attached hydrogens (primary N) is 1. The van der Waals surface area contributed by atoms with Crippen molar-refractivity contribution in [2.75, 3.05) is 12.3 Å². The van der Waals surface area contributed by atoms with Crippen molar-refractivity contribution in [3.63, 3.8) is 0 Å². The van der Waals surface area contributed by atoms with Crippen molar-refractivity contribution in [1.29, 1.82) is 0 Å². The van der Waals surface area contributed by atoms with Crippen molar-refractivity contribution >= 4 is 24.3 Å². The van der Waals surface area contributed by atoms with Gasteiger partial charge in [0.15, 0.2) is 0 Å². The first-order valence-electron chi connectivity index (χ1n) is 4.34. The average Bonchev–Trinajstić information content (AvgIpc) is 2.01. The number of anilines is 1. The minimum Gasteiger partial charge on any atom is -0.462 e. The van der Waals surface area contributed by atoms with Crippen LogP contribution in [0.4, 0.5) is 5.95 Å². The third kappa shape index (κ3) is 3.06. The molecule has 15 heavy (non-hydrogen) atoms. The van der Waals surface area contributed by atoms with Gasteiger partial charge in [0.25, 0.3) is 0 Å². The van der Waals surface area contributed by atoms with E-state index >= 15 is 0 Å². The zero-order chi connectivity index (χ0) is 10.7. The maximum absolute atomic E-state index is 11.5. The van der Waals surface area contributed by atoms with Gasteiger partial charge in [-0.3, -0.25) is 0 Å². The van der Waals surface area contributed by atoms with E-state index in [0.717, 1.165) is 0 Å². The summed E-state index contributed by atoms with van der Waals surface area (Å²) in [7, 11) is 0. The Bertz CT molecular complexity index is 345. The molecule has 0 amide bonds. The number of aromatic nitrogens is 2. The lowest BCUT2D eigenvalue weighted by Crippen LogP contribution is -2.13. The van der Waals surface area contributed by atoms with E-state index in [0.29, 0.717) is 23.6 Å². The molecule has 0 aliphatic heterocycles. The first kappa shape index (κ1) is 13.6. The second-order valence-electron chi connectivity index (χ2n) is 2.85. The van der Waals surface area contributed by atoms with Crippen LogP contribution in [0.1, 0.15) is 28.7 Å². The first-order chi connectivity index (χ1) is 6.56. The van der Waals surface area contributed by atoms with Gasteiger partial charge in [0.1, 0.15) is 5.56 Å². The van der Waals surface area contributed by atoms with Gasteiger partial charge in [0.05, 0.1) is 18.0 Å². The van der Waals surface area contributed by atoms with Crippen LogP contribution in [0.3, 0.4) is 0 Å². The number of aryl methyl sites for hydroxylation is 2. The van der Waals surface area contributed by atoms with Gasteiger partial charge in [-0.2, -0.15) is 0 Å². The topological polar surface area (TPSA) is 78.1 Å². The summed E-state index contributed by atoms with van der Waals surface area (Å²) >= 11 is 0. The van der Waals surface area contributed by atoms with Crippen molar-refractivity contribution in [3.8, 4) is 0 Å². The largest absolute Gasteiger partial charge is 0.462 e. The molecule has 2 N–H and O–H groups in total. The van der Waals surface area contributed by atoms with Crippen molar-refractivity contribution in [1.82, 2.24) is 9.97 Å². The van der Waals surface area contributed by atoms with Gasteiger partial charge < -0.3 is 10.5 Å². The fourth-order valence-electron chi connectivity index (χ4n) is 1.24. The summed E-state index contributed by atoms with van der Waals surface area (Å²) in [6, 6.07) is 0. The standard InChI is InChI=1S/C9H13N3O2.ClH/c1-4-14-8(13)7-5(2)11-9(10)12-6(7)3;/h4H2,1-3H3,(H2,10,11,12);1H. The summed E-state index contributed by atoms with van der Waals surface area (Å²) in [5.41, 5.74) is 6.93. The average molecular weight is 232 g/mol. The minimum absolute atomic E-state index is 0. The third-order valence-corrected chi connectivity index (χ3v) is 1.77. The number of nitrogen functional groups attached to an aromatic ring is 1. The van der Waals surface area contributed by atoms with Crippen LogP contribution < -0.4 is 5.73 Å². The van der Waals surface area contributed by atoms with Crippen molar-refractivity contribution in [2.24, 2.45) is 0 Å². The van der Waals surface area contributed by atoms with Gasteiger partial charge in [0, 0.05) is 0 Å².